The summed E-state index contributed by atoms with van der Waals surface area (Å²) in [7, 11) is 3.32. The molecule has 3 aromatic rings. The zero-order valence-corrected chi connectivity index (χ0v) is 14.1. The van der Waals surface area contributed by atoms with Crippen molar-refractivity contribution in [3.63, 3.8) is 0 Å². The summed E-state index contributed by atoms with van der Waals surface area (Å²) in [5.41, 5.74) is 4.02. The maximum Gasteiger partial charge on any atom is 0.144 e. The number of hydrogen-bond donors (Lipinski definition) is 0. The fourth-order valence-corrected chi connectivity index (χ4v) is 2.62. The number of benzene rings is 2. The summed E-state index contributed by atoms with van der Waals surface area (Å²) in [6.45, 7) is 2.07. The van der Waals surface area contributed by atoms with E-state index in [-0.39, 0.29) is 0 Å². The number of hydrogen-bond acceptors (Lipinski definition) is 3. The fourth-order valence-electron chi connectivity index (χ4n) is 2.62. The number of rotatable bonds is 5. The largest absolute Gasteiger partial charge is 0.497 e. The lowest BCUT2D eigenvalue weighted by atomic mass is 10.3. The quantitative estimate of drug-likeness (QED) is 0.646. The molecule has 0 fully saturated rings. The Bertz CT molecular complexity index is 848. The van der Waals surface area contributed by atoms with E-state index in [1.165, 1.54) is 0 Å². The lowest BCUT2D eigenvalue weighted by Crippen LogP contribution is -2.01. The number of para-hydroxylation sites is 2. The van der Waals surface area contributed by atoms with Crippen molar-refractivity contribution >= 4 is 11.9 Å². The van der Waals surface area contributed by atoms with Crippen LogP contribution in [0.5, 0.6) is 11.5 Å². The summed E-state index contributed by atoms with van der Waals surface area (Å²) in [5.74, 6) is 1.60. The Labute approximate surface area is 142 Å². The van der Waals surface area contributed by atoms with Crippen LogP contribution in [0.2, 0.25) is 0 Å². The average Bonchev–Trinajstić information content (AvgIpc) is 3.00. The topological polar surface area (TPSA) is 35.8 Å². The van der Waals surface area contributed by atoms with E-state index >= 15 is 0 Å². The summed E-state index contributed by atoms with van der Waals surface area (Å²) in [6.07, 6.45) is 1.86. The van der Waals surface area contributed by atoms with Crippen LogP contribution in [0.15, 0.2) is 65.7 Å². The highest BCUT2D eigenvalue weighted by atomic mass is 16.5. The Hall–Kier alpha value is -3.01. The second-order valence-electron chi connectivity index (χ2n) is 5.36. The molecule has 24 heavy (non-hydrogen) atoms. The first kappa shape index (κ1) is 15.9. The van der Waals surface area contributed by atoms with Crippen LogP contribution in [0.3, 0.4) is 0 Å². The van der Waals surface area contributed by atoms with E-state index in [1.54, 1.807) is 14.2 Å². The SMILES string of the molecule is COc1ccc(-n2c(C)ccc2C=Nc2ccccc2OC)cc1. The van der Waals surface area contributed by atoms with Gasteiger partial charge in [0.2, 0.25) is 0 Å². The lowest BCUT2D eigenvalue weighted by molar-refractivity contribution is 0.414. The zero-order chi connectivity index (χ0) is 16.9. The summed E-state index contributed by atoms with van der Waals surface area (Å²) in [4.78, 5) is 4.58. The molecule has 3 rings (SSSR count). The first-order chi connectivity index (χ1) is 11.7. The average molecular weight is 320 g/mol. The fraction of sp³-hybridized carbons (Fsp3) is 0.150. The molecule has 2 aromatic carbocycles. The summed E-state index contributed by atoms with van der Waals surface area (Å²) < 4.78 is 12.7. The third-order valence-corrected chi connectivity index (χ3v) is 3.86. The van der Waals surface area contributed by atoms with Crippen LogP contribution in [0.4, 0.5) is 5.69 Å². The molecule has 0 saturated carbocycles. The third kappa shape index (κ3) is 3.18. The molecule has 0 radical (unpaired) electrons. The lowest BCUT2D eigenvalue weighted by Gasteiger charge is -2.10. The number of ether oxygens (including phenoxy) is 2. The molecule has 0 aliphatic rings. The summed E-state index contributed by atoms with van der Waals surface area (Å²) in [5, 5.41) is 0. The van der Waals surface area contributed by atoms with Gasteiger partial charge in [-0.25, -0.2) is 0 Å². The minimum atomic E-state index is 0.757. The van der Waals surface area contributed by atoms with Gasteiger partial charge in [0.15, 0.2) is 0 Å². The van der Waals surface area contributed by atoms with Crippen LogP contribution < -0.4 is 9.47 Å². The molecule has 122 valence electrons. The highest BCUT2D eigenvalue weighted by Gasteiger charge is 2.06. The van der Waals surface area contributed by atoms with Crippen LogP contribution in [-0.2, 0) is 0 Å². The molecule has 0 aliphatic heterocycles. The van der Waals surface area contributed by atoms with Gasteiger partial charge in [0, 0.05) is 11.4 Å². The minimum absolute atomic E-state index is 0.757. The highest BCUT2D eigenvalue weighted by molar-refractivity contribution is 5.82. The third-order valence-electron chi connectivity index (χ3n) is 3.86. The van der Waals surface area contributed by atoms with Crippen LogP contribution >= 0.6 is 0 Å². The van der Waals surface area contributed by atoms with E-state index in [4.69, 9.17) is 9.47 Å². The Kier molecular flexibility index (Phi) is 4.66. The highest BCUT2D eigenvalue weighted by Crippen LogP contribution is 2.26. The molecule has 4 nitrogen and oxygen atoms in total. The zero-order valence-electron chi connectivity index (χ0n) is 14.1. The predicted octanol–water partition coefficient (Wildman–Crippen LogP) is 4.55. The first-order valence-corrected chi connectivity index (χ1v) is 7.73. The maximum atomic E-state index is 5.34. The molecule has 1 heterocycles. The van der Waals surface area contributed by atoms with Crippen molar-refractivity contribution in [3.05, 3.63) is 72.1 Å². The van der Waals surface area contributed by atoms with Crippen molar-refractivity contribution in [1.29, 1.82) is 0 Å². The maximum absolute atomic E-state index is 5.34. The van der Waals surface area contributed by atoms with Crippen molar-refractivity contribution in [2.24, 2.45) is 4.99 Å². The Morgan fingerprint density at radius 3 is 2.33 bits per heavy atom. The van der Waals surface area contributed by atoms with E-state index in [1.807, 2.05) is 54.7 Å². The van der Waals surface area contributed by atoms with Crippen molar-refractivity contribution in [2.45, 2.75) is 6.92 Å². The molecule has 0 amide bonds. The van der Waals surface area contributed by atoms with Gasteiger partial charge in [-0.2, -0.15) is 0 Å². The molecular formula is C20H20N2O2. The van der Waals surface area contributed by atoms with E-state index in [0.29, 0.717) is 0 Å². The number of nitrogens with zero attached hydrogens (tertiary/aromatic N) is 2. The van der Waals surface area contributed by atoms with Gasteiger partial charge in [-0.1, -0.05) is 12.1 Å². The molecule has 0 spiro atoms. The predicted molar refractivity (Wildman–Crippen MR) is 97.3 cm³/mol. The van der Waals surface area contributed by atoms with E-state index in [2.05, 4.69) is 28.6 Å². The molecular weight excluding hydrogens is 300 g/mol. The number of methoxy groups -OCH3 is 2. The number of aromatic nitrogens is 1. The normalized spacial score (nSPS) is 11.0. The smallest absolute Gasteiger partial charge is 0.144 e. The second-order valence-corrected chi connectivity index (χ2v) is 5.36. The van der Waals surface area contributed by atoms with E-state index in [9.17, 15) is 0 Å². The Morgan fingerprint density at radius 2 is 1.62 bits per heavy atom. The molecule has 0 N–H and O–H groups in total. The van der Waals surface area contributed by atoms with Crippen LogP contribution in [0.1, 0.15) is 11.4 Å². The van der Waals surface area contributed by atoms with E-state index < -0.39 is 0 Å². The standard InChI is InChI=1S/C20H20N2O2/c1-15-8-9-17(14-21-19-6-4-5-7-20(19)24-3)22(15)16-10-12-18(23-2)13-11-16/h4-14H,1-3H3. The van der Waals surface area contributed by atoms with Gasteiger partial charge in [0.25, 0.3) is 0 Å². The van der Waals surface area contributed by atoms with Gasteiger partial charge in [0.1, 0.15) is 17.2 Å². The van der Waals surface area contributed by atoms with Crippen molar-refractivity contribution in [3.8, 4) is 17.2 Å². The van der Waals surface area contributed by atoms with Crippen molar-refractivity contribution in [2.75, 3.05) is 14.2 Å². The van der Waals surface area contributed by atoms with Crippen LogP contribution in [-0.4, -0.2) is 25.0 Å². The van der Waals surface area contributed by atoms with Crippen molar-refractivity contribution < 1.29 is 9.47 Å². The Morgan fingerprint density at radius 1 is 0.875 bits per heavy atom. The molecule has 0 bridgehead atoms. The number of aliphatic imine (C=N–C) groups is 1. The van der Waals surface area contributed by atoms with Crippen LogP contribution in [0, 0.1) is 6.92 Å². The van der Waals surface area contributed by atoms with Gasteiger partial charge >= 0.3 is 0 Å². The molecule has 4 heteroatoms. The molecule has 0 aliphatic carbocycles. The van der Waals surface area contributed by atoms with Gasteiger partial charge in [-0.3, -0.25) is 4.99 Å². The molecule has 0 saturated heterocycles. The van der Waals surface area contributed by atoms with Gasteiger partial charge < -0.3 is 14.0 Å². The summed E-state index contributed by atoms with van der Waals surface area (Å²) >= 11 is 0. The Balaban J connectivity index is 1.96. The molecule has 1 aromatic heterocycles. The van der Waals surface area contributed by atoms with Gasteiger partial charge in [-0.15, -0.1) is 0 Å². The summed E-state index contributed by atoms with van der Waals surface area (Å²) in [6, 6.07) is 19.8. The van der Waals surface area contributed by atoms with Crippen LogP contribution in [0.25, 0.3) is 5.69 Å². The van der Waals surface area contributed by atoms with Gasteiger partial charge in [-0.05, 0) is 55.5 Å². The monoisotopic (exact) mass is 320 g/mol. The molecule has 0 unspecified atom stereocenters. The minimum Gasteiger partial charge on any atom is -0.497 e. The molecule has 0 atom stereocenters. The second kappa shape index (κ2) is 7.04. The number of aryl methyl sites for hydroxylation is 1. The van der Waals surface area contributed by atoms with Crippen molar-refractivity contribution in [1.82, 2.24) is 4.57 Å². The van der Waals surface area contributed by atoms with Gasteiger partial charge in [0.05, 0.1) is 26.1 Å². The first-order valence-electron chi connectivity index (χ1n) is 7.73. The van der Waals surface area contributed by atoms with E-state index in [0.717, 1.165) is 34.3 Å².